The quantitative estimate of drug-likeness (QED) is 0.618. The second-order valence-corrected chi connectivity index (χ2v) is 5.72. The highest BCUT2D eigenvalue weighted by Gasteiger charge is 2.02. The summed E-state index contributed by atoms with van der Waals surface area (Å²) in [6.07, 6.45) is 2.55. The molecule has 0 bridgehead atoms. The highest BCUT2D eigenvalue weighted by molar-refractivity contribution is 9.10. The summed E-state index contributed by atoms with van der Waals surface area (Å²) in [4.78, 5) is 0. The molecular weight excluding hydrogens is 280 g/mol. The SMILES string of the molecule is CS(=O)(=O)OCCCc1ccccc1Br. The molecule has 0 radical (unpaired) electrons. The number of rotatable bonds is 5. The van der Waals surface area contributed by atoms with Crippen LogP contribution in [0, 0.1) is 0 Å². The minimum atomic E-state index is -3.30. The Hall–Kier alpha value is -0.390. The zero-order chi connectivity index (χ0) is 11.3. The van der Waals surface area contributed by atoms with Crippen molar-refractivity contribution in [2.24, 2.45) is 0 Å². The third kappa shape index (κ3) is 5.30. The Balaban J connectivity index is 2.36. The molecule has 1 aromatic carbocycles. The molecule has 1 rings (SSSR count). The van der Waals surface area contributed by atoms with Gasteiger partial charge in [0.1, 0.15) is 0 Å². The summed E-state index contributed by atoms with van der Waals surface area (Å²) in [6, 6.07) is 7.87. The average Bonchev–Trinajstić information content (AvgIpc) is 2.13. The van der Waals surface area contributed by atoms with Gasteiger partial charge >= 0.3 is 0 Å². The molecule has 0 unspecified atom stereocenters. The molecule has 3 nitrogen and oxygen atoms in total. The van der Waals surface area contributed by atoms with E-state index in [2.05, 4.69) is 20.1 Å². The molecule has 0 aliphatic rings. The fourth-order valence-electron chi connectivity index (χ4n) is 1.17. The smallest absolute Gasteiger partial charge is 0.264 e. The lowest BCUT2D eigenvalue weighted by Crippen LogP contribution is -2.05. The van der Waals surface area contributed by atoms with Crippen molar-refractivity contribution in [3.8, 4) is 0 Å². The summed E-state index contributed by atoms with van der Waals surface area (Å²) in [5.41, 5.74) is 1.16. The van der Waals surface area contributed by atoms with Gasteiger partial charge in [0, 0.05) is 4.47 Å². The topological polar surface area (TPSA) is 43.4 Å². The first-order valence-corrected chi connectivity index (χ1v) is 7.18. The average molecular weight is 293 g/mol. The van der Waals surface area contributed by atoms with Crippen molar-refractivity contribution >= 4 is 26.0 Å². The Bertz CT molecular complexity index is 414. The molecule has 0 fully saturated rings. The van der Waals surface area contributed by atoms with E-state index in [4.69, 9.17) is 0 Å². The first kappa shape index (κ1) is 12.7. The molecule has 0 spiro atoms. The monoisotopic (exact) mass is 292 g/mol. The largest absolute Gasteiger partial charge is 0.270 e. The molecule has 0 saturated heterocycles. The molecule has 84 valence electrons. The van der Waals surface area contributed by atoms with Crippen molar-refractivity contribution in [2.75, 3.05) is 12.9 Å². The maximum atomic E-state index is 10.7. The van der Waals surface area contributed by atoms with Crippen LogP contribution in [0.1, 0.15) is 12.0 Å². The maximum Gasteiger partial charge on any atom is 0.264 e. The van der Waals surface area contributed by atoms with E-state index in [9.17, 15) is 8.42 Å². The standard InChI is InChI=1S/C10H13BrO3S/c1-15(12,13)14-8-4-6-9-5-2-3-7-10(9)11/h2-3,5,7H,4,6,8H2,1H3. The van der Waals surface area contributed by atoms with E-state index in [-0.39, 0.29) is 6.61 Å². The lowest BCUT2D eigenvalue weighted by atomic mass is 10.1. The van der Waals surface area contributed by atoms with E-state index in [1.165, 1.54) is 0 Å². The summed E-state index contributed by atoms with van der Waals surface area (Å²) in [6.45, 7) is 0.236. The Kier molecular flexibility index (Phi) is 4.76. The van der Waals surface area contributed by atoms with Crippen LogP contribution in [0.25, 0.3) is 0 Å². The third-order valence-corrected chi connectivity index (χ3v) is 3.21. The molecule has 0 amide bonds. The summed E-state index contributed by atoms with van der Waals surface area (Å²) >= 11 is 3.43. The van der Waals surface area contributed by atoms with Crippen LogP contribution in [-0.2, 0) is 20.7 Å². The van der Waals surface area contributed by atoms with Gasteiger partial charge in [-0.2, -0.15) is 8.42 Å². The Morgan fingerprint density at radius 2 is 2.00 bits per heavy atom. The zero-order valence-corrected chi connectivity index (χ0v) is 10.8. The molecule has 0 N–H and O–H groups in total. The summed E-state index contributed by atoms with van der Waals surface area (Å²) < 4.78 is 27.0. The van der Waals surface area contributed by atoms with Crippen molar-refractivity contribution in [1.29, 1.82) is 0 Å². The number of hydrogen-bond acceptors (Lipinski definition) is 3. The minimum absolute atomic E-state index is 0.236. The number of aryl methyl sites for hydroxylation is 1. The first-order chi connectivity index (χ1) is 6.99. The van der Waals surface area contributed by atoms with Gasteiger partial charge in [0.2, 0.25) is 0 Å². The van der Waals surface area contributed by atoms with Crippen LogP contribution in [0.15, 0.2) is 28.7 Å². The molecule has 0 saturated carbocycles. The second-order valence-electron chi connectivity index (χ2n) is 3.22. The van der Waals surface area contributed by atoms with Crippen molar-refractivity contribution in [3.63, 3.8) is 0 Å². The van der Waals surface area contributed by atoms with Crippen LogP contribution >= 0.6 is 15.9 Å². The molecule has 0 heterocycles. The van der Waals surface area contributed by atoms with Crippen LogP contribution in [0.5, 0.6) is 0 Å². The lowest BCUT2D eigenvalue weighted by molar-refractivity contribution is 0.316. The summed E-state index contributed by atoms with van der Waals surface area (Å²) in [5.74, 6) is 0. The van der Waals surface area contributed by atoms with E-state index in [0.717, 1.165) is 22.7 Å². The third-order valence-electron chi connectivity index (χ3n) is 1.85. The van der Waals surface area contributed by atoms with Crippen LogP contribution in [0.3, 0.4) is 0 Å². The Morgan fingerprint density at radius 1 is 1.33 bits per heavy atom. The van der Waals surface area contributed by atoms with Gasteiger partial charge in [0.05, 0.1) is 12.9 Å². The molecule has 0 aliphatic carbocycles. The molecule has 15 heavy (non-hydrogen) atoms. The van der Waals surface area contributed by atoms with Gasteiger partial charge in [-0.1, -0.05) is 34.1 Å². The van der Waals surface area contributed by atoms with E-state index < -0.39 is 10.1 Å². The van der Waals surface area contributed by atoms with Gasteiger partial charge in [-0.25, -0.2) is 0 Å². The van der Waals surface area contributed by atoms with Crippen LogP contribution in [-0.4, -0.2) is 21.3 Å². The molecule has 1 aromatic rings. The van der Waals surface area contributed by atoms with E-state index in [0.29, 0.717) is 6.42 Å². The Labute approximate surface area is 98.7 Å². The van der Waals surface area contributed by atoms with Crippen LogP contribution in [0.4, 0.5) is 0 Å². The predicted octanol–water partition coefficient (Wildman–Crippen LogP) is 2.36. The number of halogens is 1. The van der Waals surface area contributed by atoms with E-state index in [1.54, 1.807) is 0 Å². The number of hydrogen-bond donors (Lipinski definition) is 0. The van der Waals surface area contributed by atoms with Crippen molar-refractivity contribution in [1.82, 2.24) is 0 Å². The molecule has 0 aliphatic heterocycles. The fraction of sp³-hybridized carbons (Fsp3) is 0.400. The predicted molar refractivity (Wildman–Crippen MR) is 63.3 cm³/mol. The fourth-order valence-corrected chi connectivity index (χ4v) is 2.08. The second kappa shape index (κ2) is 5.63. The van der Waals surface area contributed by atoms with E-state index in [1.807, 2.05) is 24.3 Å². The highest BCUT2D eigenvalue weighted by Crippen LogP contribution is 2.17. The van der Waals surface area contributed by atoms with Gasteiger partial charge in [0.25, 0.3) is 10.1 Å². The summed E-state index contributed by atoms with van der Waals surface area (Å²) in [7, 11) is -3.30. The molecule has 0 atom stereocenters. The molecular formula is C10H13BrO3S. The van der Waals surface area contributed by atoms with Gasteiger partial charge < -0.3 is 0 Å². The van der Waals surface area contributed by atoms with Crippen molar-refractivity contribution < 1.29 is 12.6 Å². The van der Waals surface area contributed by atoms with Crippen LogP contribution in [0.2, 0.25) is 0 Å². The minimum Gasteiger partial charge on any atom is -0.270 e. The van der Waals surface area contributed by atoms with E-state index >= 15 is 0 Å². The van der Waals surface area contributed by atoms with Crippen LogP contribution < -0.4 is 0 Å². The maximum absolute atomic E-state index is 10.7. The van der Waals surface area contributed by atoms with Gasteiger partial charge in [-0.3, -0.25) is 4.18 Å². The number of benzene rings is 1. The lowest BCUT2D eigenvalue weighted by Gasteiger charge is -2.03. The van der Waals surface area contributed by atoms with Crippen molar-refractivity contribution in [3.05, 3.63) is 34.3 Å². The first-order valence-electron chi connectivity index (χ1n) is 4.57. The highest BCUT2D eigenvalue weighted by atomic mass is 79.9. The van der Waals surface area contributed by atoms with Gasteiger partial charge in [-0.15, -0.1) is 0 Å². The normalized spacial score (nSPS) is 11.6. The molecule has 0 aromatic heterocycles. The Morgan fingerprint density at radius 3 is 2.60 bits per heavy atom. The van der Waals surface area contributed by atoms with Crippen molar-refractivity contribution in [2.45, 2.75) is 12.8 Å². The molecule has 5 heteroatoms. The van der Waals surface area contributed by atoms with Gasteiger partial charge in [-0.05, 0) is 24.5 Å². The zero-order valence-electron chi connectivity index (χ0n) is 8.44. The summed E-state index contributed by atoms with van der Waals surface area (Å²) in [5, 5.41) is 0. The van der Waals surface area contributed by atoms with Gasteiger partial charge in [0.15, 0.2) is 0 Å².